The van der Waals surface area contributed by atoms with Crippen LogP contribution in [-0.2, 0) is 0 Å². The molecule has 0 aromatic heterocycles. The summed E-state index contributed by atoms with van der Waals surface area (Å²) in [6.07, 6.45) is 0. The maximum atomic E-state index is 8.76. The lowest BCUT2D eigenvalue weighted by molar-refractivity contribution is 0.212. The van der Waals surface area contributed by atoms with Crippen molar-refractivity contribution in [2.45, 2.75) is 0 Å². The molecule has 2 aromatic carbocycles. The third-order valence-electron chi connectivity index (χ3n) is 2.81. The summed E-state index contributed by atoms with van der Waals surface area (Å²) in [7, 11) is 1.59. The average Bonchev–Trinajstić information content (AvgIpc) is 2.53. The normalized spacial score (nSPS) is 9.71. The minimum Gasteiger partial charge on any atom is -0.493 e. The lowest BCUT2D eigenvalue weighted by Gasteiger charge is -2.12. The monoisotopic (exact) mass is 284 g/mol. The standard InChI is InChI=1S/C16H16N2O3/c1-19-15-4-2-3-5-16(15)21-9-8-20-14-7-6-12(11-17)10-13(14)18/h2-7,10H,8-9,18H2,1H3. The van der Waals surface area contributed by atoms with Crippen molar-refractivity contribution in [1.29, 1.82) is 5.26 Å². The first-order valence-corrected chi connectivity index (χ1v) is 6.43. The lowest BCUT2D eigenvalue weighted by atomic mass is 10.2. The number of nitriles is 1. The molecule has 0 saturated carbocycles. The molecular formula is C16H16N2O3. The fourth-order valence-electron chi connectivity index (χ4n) is 1.79. The van der Waals surface area contributed by atoms with Crippen LogP contribution in [0.1, 0.15) is 5.56 Å². The Balaban J connectivity index is 1.86. The van der Waals surface area contributed by atoms with Gasteiger partial charge in [-0.1, -0.05) is 12.1 Å². The minimum absolute atomic E-state index is 0.341. The first kappa shape index (κ1) is 14.5. The molecule has 2 aromatic rings. The maximum Gasteiger partial charge on any atom is 0.161 e. The van der Waals surface area contributed by atoms with E-state index in [9.17, 15) is 0 Å². The van der Waals surface area contributed by atoms with E-state index >= 15 is 0 Å². The van der Waals surface area contributed by atoms with Crippen molar-refractivity contribution in [3.05, 3.63) is 48.0 Å². The van der Waals surface area contributed by atoms with Crippen LogP contribution in [0.3, 0.4) is 0 Å². The predicted molar refractivity (Wildman–Crippen MR) is 79.6 cm³/mol. The molecule has 0 bridgehead atoms. The van der Waals surface area contributed by atoms with Gasteiger partial charge in [0, 0.05) is 0 Å². The van der Waals surface area contributed by atoms with Gasteiger partial charge in [0.2, 0.25) is 0 Å². The maximum absolute atomic E-state index is 8.76. The average molecular weight is 284 g/mol. The number of nitrogens with two attached hydrogens (primary N) is 1. The summed E-state index contributed by atoms with van der Waals surface area (Å²) >= 11 is 0. The number of hydrogen-bond acceptors (Lipinski definition) is 5. The van der Waals surface area contributed by atoms with Crippen LogP contribution in [0.2, 0.25) is 0 Å². The van der Waals surface area contributed by atoms with Crippen LogP contribution in [0.15, 0.2) is 42.5 Å². The van der Waals surface area contributed by atoms with Crippen molar-refractivity contribution in [3.63, 3.8) is 0 Å². The number of benzene rings is 2. The first-order chi connectivity index (χ1) is 10.2. The highest BCUT2D eigenvalue weighted by atomic mass is 16.5. The van der Waals surface area contributed by atoms with E-state index in [1.165, 1.54) is 0 Å². The van der Waals surface area contributed by atoms with E-state index in [1.54, 1.807) is 25.3 Å². The van der Waals surface area contributed by atoms with Crippen LogP contribution >= 0.6 is 0 Å². The third kappa shape index (κ3) is 3.80. The van der Waals surface area contributed by atoms with Gasteiger partial charge in [-0.2, -0.15) is 5.26 Å². The van der Waals surface area contributed by atoms with E-state index in [-0.39, 0.29) is 0 Å². The molecule has 0 aliphatic rings. The highest BCUT2D eigenvalue weighted by Crippen LogP contribution is 2.26. The number of hydrogen-bond donors (Lipinski definition) is 1. The summed E-state index contributed by atoms with van der Waals surface area (Å²) in [6.45, 7) is 0.702. The fourth-order valence-corrected chi connectivity index (χ4v) is 1.79. The zero-order chi connectivity index (χ0) is 15.1. The summed E-state index contributed by atoms with van der Waals surface area (Å²) < 4.78 is 16.3. The predicted octanol–water partition coefficient (Wildman–Crippen LogP) is 2.61. The molecule has 0 unspecified atom stereocenters. The number of ether oxygens (including phenoxy) is 3. The molecule has 0 aliphatic heterocycles. The van der Waals surface area contributed by atoms with Crippen molar-refractivity contribution in [1.82, 2.24) is 0 Å². The van der Waals surface area contributed by atoms with E-state index in [1.807, 2.05) is 30.3 Å². The van der Waals surface area contributed by atoms with Crippen LogP contribution in [0.4, 0.5) is 5.69 Å². The molecule has 21 heavy (non-hydrogen) atoms. The Morgan fingerprint density at radius 3 is 2.29 bits per heavy atom. The Kier molecular flexibility index (Phi) is 4.89. The molecule has 2 N–H and O–H groups in total. The smallest absolute Gasteiger partial charge is 0.161 e. The minimum atomic E-state index is 0.341. The Hall–Kier alpha value is -2.87. The molecule has 0 fully saturated rings. The van der Waals surface area contributed by atoms with Crippen LogP contribution in [0, 0.1) is 11.3 Å². The van der Waals surface area contributed by atoms with Gasteiger partial charge in [-0.25, -0.2) is 0 Å². The molecule has 0 heterocycles. The molecule has 5 nitrogen and oxygen atoms in total. The Labute approximate surface area is 123 Å². The van der Waals surface area contributed by atoms with Crippen LogP contribution < -0.4 is 19.9 Å². The molecular weight excluding hydrogens is 268 g/mol. The second-order valence-electron chi connectivity index (χ2n) is 4.21. The summed E-state index contributed by atoms with van der Waals surface area (Å²) in [5, 5.41) is 8.76. The molecule has 2 rings (SSSR count). The van der Waals surface area contributed by atoms with E-state index in [0.29, 0.717) is 41.7 Å². The molecule has 0 saturated heterocycles. The second-order valence-corrected chi connectivity index (χ2v) is 4.21. The second kappa shape index (κ2) is 7.06. The van der Waals surface area contributed by atoms with Gasteiger partial charge in [-0.3, -0.25) is 0 Å². The zero-order valence-corrected chi connectivity index (χ0v) is 11.7. The van der Waals surface area contributed by atoms with Crippen molar-refractivity contribution < 1.29 is 14.2 Å². The third-order valence-corrected chi connectivity index (χ3v) is 2.81. The van der Waals surface area contributed by atoms with E-state index in [0.717, 1.165) is 0 Å². The molecule has 108 valence electrons. The van der Waals surface area contributed by atoms with Crippen LogP contribution in [0.5, 0.6) is 17.2 Å². The number of nitrogen functional groups attached to an aromatic ring is 1. The van der Waals surface area contributed by atoms with E-state index < -0.39 is 0 Å². The summed E-state index contributed by atoms with van der Waals surface area (Å²) in [6, 6.07) is 14.3. The van der Waals surface area contributed by atoms with Gasteiger partial charge >= 0.3 is 0 Å². The lowest BCUT2D eigenvalue weighted by Crippen LogP contribution is -2.10. The quantitative estimate of drug-likeness (QED) is 0.651. The number of anilines is 1. The van der Waals surface area contributed by atoms with E-state index in [2.05, 4.69) is 0 Å². The molecule has 0 atom stereocenters. The SMILES string of the molecule is COc1ccccc1OCCOc1ccc(C#N)cc1N. The Morgan fingerprint density at radius 1 is 1.00 bits per heavy atom. The number of rotatable bonds is 6. The molecule has 0 radical (unpaired) electrons. The molecule has 5 heteroatoms. The highest BCUT2D eigenvalue weighted by molar-refractivity contribution is 5.56. The van der Waals surface area contributed by atoms with Gasteiger partial charge < -0.3 is 19.9 Å². The van der Waals surface area contributed by atoms with Gasteiger partial charge in [0.15, 0.2) is 11.5 Å². The molecule has 0 amide bonds. The highest BCUT2D eigenvalue weighted by Gasteiger charge is 2.04. The fraction of sp³-hybridized carbons (Fsp3) is 0.188. The topological polar surface area (TPSA) is 77.5 Å². The van der Waals surface area contributed by atoms with Crippen molar-refractivity contribution in [2.75, 3.05) is 26.1 Å². The summed E-state index contributed by atoms with van der Waals surface area (Å²) in [4.78, 5) is 0. The molecule has 0 aliphatic carbocycles. The van der Waals surface area contributed by atoms with Crippen LogP contribution in [-0.4, -0.2) is 20.3 Å². The Morgan fingerprint density at radius 2 is 1.67 bits per heavy atom. The van der Waals surface area contributed by atoms with Crippen molar-refractivity contribution in [2.24, 2.45) is 0 Å². The first-order valence-electron chi connectivity index (χ1n) is 6.43. The van der Waals surface area contributed by atoms with Crippen molar-refractivity contribution >= 4 is 5.69 Å². The van der Waals surface area contributed by atoms with Gasteiger partial charge in [-0.05, 0) is 30.3 Å². The zero-order valence-electron chi connectivity index (χ0n) is 11.7. The summed E-state index contributed by atoms with van der Waals surface area (Å²) in [5.74, 6) is 1.88. The van der Waals surface area contributed by atoms with Crippen LogP contribution in [0.25, 0.3) is 0 Å². The Bertz CT molecular complexity index is 650. The number of nitrogens with zero attached hydrogens (tertiary/aromatic N) is 1. The largest absolute Gasteiger partial charge is 0.493 e. The van der Waals surface area contributed by atoms with Gasteiger partial charge in [-0.15, -0.1) is 0 Å². The van der Waals surface area contributed by atoms with Crippen molar-refractivity contribution in [3.8, 4) is 23.3 Å². The van der Waals surface area contributed by atoms with Gasteiger partial charge in [0.25, 0.3) is 0 Å². The van der Waals surface area contributed by atoms with Gasteiger partial charge in [0.1, 0.15) is 19.0 Å². The number of methoxy groups -OCH3 is 1. The summed E-state index contributed by atoms with van der Waals surface area (Å²) in [5.41, 5.74) is 6.74. The van der Waals surface area contributed by atoms with E-state index in [4.69, 9.17) is 25.2 Å². The number of para-hydroxylation sites is 2. The molecule has 0 spiro atoms. The van der Waals surface area contributed by atoms with Gasteiger partial charge in [0.05, 0.1) is 24.4 Å².